The van der Waals surface area contributed by atoms with E-state index in [2.05, 4.69) is 83.1 Å². The third kappa shape index (κ3) is 3.33. The Bertz CT molecular complexity index is 4990. The summed E-state index contributed by atoms with van der Waals surface area (Å²) in [5, 5.41) is 41.4. The van der Waals surface area contributed by atoms with Gasteiger partial charge in [-0.2, -0.15) is 8.42 Å². The second kappa shape index (κ2) is 10.4. The predicted molar refractivity (Wildman–Crippen MR) is 273 cm³/mol. The van der Waals surface area contributed by atoms with Crippen molar-refractivity contribution >= 4 is 163 Å². The van der Waals surface area contributed by atoms with Crippen molar-refractivity contribution in [2.24, 2.45) is 0 Å². The molecule has 2 N–H and O–H groups in total. The molecule has 13 aromatic rings. The summed E-state index contributed by atoms with van der Waals surface area (Å²) in [5.41, 5.74) is 13.7. The number of carbonyl (C=O) groups excluding carboxylic acids is 1. The van der Waals surface area contributed by atoms with E-state index in [0.29, 0.717) is 16.5 Å². The normalized spacial score (nSPS) is 16.1. The number of hydrogen-bond donors (Lipinski definition) is 2. The molecule has 0 radical (unpaired) electrons. The van der Waals surface area contributed by atoms with Gasteiger partial charge >= 0.3 is 0 Å². The third-order valence-electron chi connectivity index (χ3n) is 18.5. The molecule has 0 spiro atoms. The molecule has 0 aliphatic heterocycles. The molecule has 13 aromatic carbocycles. The van der Waals surface area contributed by atoms with E-state index in [1.807, 2.05) is 19.1 Å². The SMILES string of the molecule is Cc1c(C)c2c(C)c3c4c5c(c(C)c6c(C)c7c(C)c8c9c(c(C)c%10c(C)c(C)c%11c(C)c%12c(C)c%13c(S(=O)(=O)O)c(c1C)c2c4c%13c1c%12c2c%11c%10c9c7c2c6c51)=CC(=O)C=8)C(C)C=3O. The van der Waals surface area contributed by atoms with Crippen LogP contribution in [0.2, 0.25) is 0 Å². The molecule has 15 rings (SSSR count). The zero-order chi connectivity index (χ0) is 45.3. The minimum atomic E-state index is -4.82. The maximum Gasteiger partial charge on any atom is 0.295 e. The van der Waals surface area contributed by atoms with Crippen LogP contribution >= 0.6 is 0 Å². The van der Waals surface area contributed by atoms with Gasteiger partial charge in [0.1, 0.15) is 10.7 Å². The fourth-order valence-electron chi connectivity index (χ4n) is 15.9. The molecule has 0 heterocycles. The second-order valence-corrected chi connectivity index (χ2v) is 22.1. The van der Waals surface area contributed by atoms with Gasteiger partial charge < -0.3 is 5.11 Å². The lowest BCUT2D eigenvalue weighted by atomic mass is 9.67. The highest BCUT2D eigenvalue weighted by Gasteiger charge is 2.40. The Kier molecular flexibility index (Phi) is 5.89. The lowest BCUT2D eigenvalue weighted by Gasteiger charge is -2.35. The largest absolute Gasteiger partial charge is 0.511 e. The van der Waals surface area contributed by atoms with Gasteiger partial charge in [0.15, 0.2) is 5.78 Å². The molecule has 0 fully saturated rings. The number of ketones is 1. The average molecular weight is 865 g/mol. The van der Waals surface area contributed by atoms with Gasteiger partial charge in [-0.3, -0.25) is 9.35 Å². The maximum atomic E-state index is 14.6. The number of aryl methyl sites for hydroxylation is 11. The van der Waals surface area contributed by atoms with E-state index in [-0.39, 0.29) is 16.6 Å². The Hall–Kier alpha value is -6.34. The highest BCUT2D eigenvalue weighted by molar-refractivity contribution is 7.86. The third-order valence-corrected chi connectivity index (χ3v) is 19.4. The van der Waals surface area contributed by atoms with E-state index in [4.69, 9.17) is 0 Å². The molecule has 1 atom stereocenters. The lowest BCUT2D eigenvalue weighted by molar-refractivity contribution is -0.108. The van der Waals surface area contributed by atoms with E-state index in [1.165, 1.54) is 65.0 Å². The van der Waals surface area contributed by atoms with Crippen molar-refractivity contribution in [1.29, 1.82) is 0 Å². The Morgan fingerprint density at radius 3 is 1.23 bits per heavy atom. The Labute approximate surface area is 373 Å². The summed E-state index contributed by atoms with van der Waals surface area (Å²) >= 11 is 0. The molecule has 1 unspecified atom stereocenters. The number of carbonyl (C=O) groups is 1. The topological polar surface area (TPSA) is 91.7 Å². The van der Waals surface area contributed by atoms with Crippen molar-refractivity contribution < 1.29 is 22.9 Å². The fourth-order valence-corrected chi connectivity index (χ4v) is 16.9. The van der Waals surface area contributed by atoms with Gasteiger partial charge in [-0.15, -0.1) is 0 Å². The van der Waals surface area contributed by atoms with Crippen molar-refractivity contribution in [2.75, 3.05) is 0 Å². The van der Waals surface area contributed by atoms with Crippen molar-refractivity contribution in [3.63, 3.8) is 0 Å². The molecule has 0 saturated carbocycles. The molecule has 2 aliphatic carbocycles. The number of aliphatic hydroxyl groups is 1. The van der Waals surface area contributed by atoms with E-state index in [9.17, 15) is 22.9 Å². The van der Waals surface area contributed by atoms with Crippen LogP contribution in [0.4, 0.5) is 0 Å². The lowest BCUT2D eigenvalue weighted by Crippen LogP contribution is -2.27. The van der Waals surface area contributed by atoms with Crippen molar-refractivity contribution in [1.82, 2.24) is 0 Å². The Morgan fingerprint density at radius 1 is 0.369 bits per heavy atom. The van der Waals surface area contributed by atoms with E-state index in [0.717, 1.165) is 141 Å². The van der Waals surface area contributed by atoms with Crippen molar-refractivity contribution in [3.8, 4) is 0 Å². The summed E-state index contributed by atoms with van der Waals surface area (Å²) < 4.78 is 40.9. The van der Waals surface area contributed by atoms with Crippen LogP contribution in [0, 0.1) is 83.1 Å². The molecule has 65 heavy (non-hydrogen) atoms. The smallest absolute Gasteiger partial charge is 0.295 e. The zero-order valence-corrected chi connectivity index (χ0v) is 39.6. The van der Waals surface area contributed by atoms with Crippen LogP contribution in [0.5, 0.6) is 0 Å². The standard InChI is InChI=1S/C59H44O5S/c1-16-17(2)33-26(11)39-50-49-38(28(13)58(39)61)25(10)36-24(9)35-22(7)31-15-29(60)14-30-21(6)32-19(4)20(5)34-23(8)37-27(12)41-51(53(50)43(33)40(18(16)3)59(41)65(62,63)64)57-48(37)54-45(34)44(32)52(42(30)31)46(35)55(54)47(36)56(49)57/h14-15,28,61H,1-13H3,(H,62,63,64). The molecule has 2 aliphatic rings. The minimum Gasteiger partial charge on any atom is -0.511 e. The molecule has 0 amide bonds. The van der Waals surface area contributed by atoms with Gasteiger partial charge in [0.2, 0.25) is 0 Å². The summed E-state index contributed by atoms with van der Waals surface area (Å²) in [4.78, 5) is 13.8. The van der Waals surface area contributed by atoms with Crippen LogP contribution in [-0.2, 0) is 14.9 Å². The van der Waals surface area contributed by atoms with Gasteiger partial charge in [0.25, 0.3) is 10.1 Å². The van der Waals surface area contributed by atoms with Crippen LogP contribution in [0.15, 0.2) is 4.90 Å². The molecule has 0 bridgehead atoms. The summed E-state index contributed by atoms with van der Waals surface area (Å²) in [6, 6.07) is 0. The van der Waals surface area contributed by atoms with Gasteiger partial charge in [-0.05, 0) is 280 Å². The first-order valence-corrected chi connectivity index (χ1v) is 24.4. The van der Waals surface area contributed by atoms with Crippen LogP contribution < -0.4 is 15.7 Å². The summed E-state index contributed by atoms with van der Waals surface area (Å²) in [6.07, 6.45) is 3.72. The number of Topliss-reactive ketones (excluding diaryl/α,β-unsaturated/α-hetero) is 1. The quantitative estimate of drug-likeness (QED) is 0.0974. The average Bonchev–Trinajstić information content (AvgIpc) is 3.24. The summed E-state index contributed by atoms with van der Waals surface area (Å²) in [5.74, 6) is 0.0193. The van der Waals surface area contributed by atoms with E-state index >= 15 is 0 Å². The first kappa shape index (κ1) is 36.9. The van der Waals surface area contributed by atoms with Gasteiger partial charge in [-0.1, -0.05) is 6.92 Å². The Balaban J connectivity index is 1.49. The molecule has 0 aromatic heterocycles. The molecular weight excluding hydrogens is 821 g/mol. The molecule has 316 valence electrons. The van der Waals surface area contributed by atoms with Crippen LogP contribution in [-0.4, -0.2) is 23.9 Å². The number of benzene rings is 13. The molecular formula is C59H44O5S. The van der Waals surface area contributed by atoms with Gasteiger partial charge in [0.05, 0.1) is 0 Å². The molecule has 0 saturated heterocycles. The number of rotatable bonds is 1. The summed E-state index contributed by atoms with van der Waals surface area (Å²) in [7, 11) is -4.82. The zero-order valence-electron chi connectivity index (χ0n) is 38.8. The van der Waals surface area contributed by atoms with Gasteiger partial charge in [-0.25, -0.2) is 0 Å². The molecule has 5 nitrogen and oxygen atoms in total. The van der Waals surface area contributed by atoms with E-state index in [1.54, 1.807) is 0 Å². The summed E-state index contributed by atoms with van der Waals surface area (Å²) in [6.45, 7) is 28.1. The van der Waals surface area contributed by atoms with Crippen LogP contribution in [0.1, 0.15) is 85.2 Å². The first-order chi connectivity index (χ1) is 30.7. The highest BCUT2D eigenvalue weighted by atomic mass is 32.2. The molecule has 6 heteroatoms. The van der Waals surface area contributed by atoms with Crippen molar-refractivity contribution in [2.45, 2.75) is 101 Å². The van der Waals surface area contributed by atoms with Crippen molar-refractivity contribution in [3.05, 3.63) is 88.0 Å². The first-order valence-electron chi connectivity index (χ1n) is 23.0. The van der Waals surface area contributed by atoms with Crippen LogP contribution in [0.25, 0.3) is 147 Å². The van der Waals surface area contributed by atoms with E-state index < -0.39 is 10.1 Å². The monoisotopic (exact) mass is 864 g/mol. The van der Waals surface area contributed by atoms with Gasteiger partial charge in [0, 0.05) is 38.1 Å². The Morgan fingerprint density at radius 2 is 0.692 bits per heavy atom. The minimum absolute atomic E-state index is 0.0136. The predicted octanol–water partition coefficient (Wildman–Crippen LogP) is 12.7. The highest BCUT2D eigenvalue weighted by Crippen LogP contribution is 2.63. The number of aliphatic hydroxyl groups excluding tert-OH is 1. The van der Waals surface area contributed by atoms with Crippen LogP contribution in [0.3, 0.4) is 0 Å². The second-order valence-electron chi connectivity index (χ2n) is 20.7. The maximum absolute atomic E-state index is 14.6. The fraction of sp³-hybridized carbons (Fsp3) is 0.237. The number of hydrogen-bond acceptors (Lipinski definition) is 4.